The van der Waals surface area contributed by atoms with Crippen molar-refractivity contribution in [2.45, 2.75) is 32.0 Å². The van der Waals surface area contributed by atoms with E-state index in [1.807, 2.05) is 42.7 Å². The van der Waals surface area contributed by atoms with Gasteiger partial charge in [0.1, 0.15) is 5.82 Å². The number of benzene rings is 2. The Morgan fingerprint density at radius 1 is 1.03 bits per heavy atom. The zero-order valence-electron chi connectivity index (χ0n) is 16.7. The molecular weight excluding hydrogens is 422 g/mol. The fourth-order valence-electron chi connectivity index (χ4n) is 2.74. The first-order valence-electron chi connectivity index (χ1n) is 9.42. The van der Waals surface area contributed by atoms with E-state index >= 15 is 0 Å². The van der Waals surface area contributed by atoms with Gasteiger partial charge in [0.15, 0.2) is 5.16 Å². The molecule has 7 nitrogen and oxygen atoms in total. The van der Waals surface area contributed by atoms with Gasteiger partial charge in [0.05, 0.1) is 22.9 Å². The first kappa shape index (κ1) is 21.9. The number of nitrogens with one attached hydrogen (secondary N) is 2. The van der Waals surface area contributed by atoms with Gasteiger partial charge in [-0.1, -0.05) is 53.2 Å². The van der Waals surface area contributed by atoms with Crippen LogP contribution in [-0.4, -0.2) is 32.3 Å². The molecule has 1 heterocycles. The van der Waals surface area contributed by atoms with Crippen LogP contribution in [0, 0.1) is 6.92 Å². The summed E-state index contributed by atoms with van der Waals surface area (Å²) in [5.41, 5.74) is 2.43. The number of carbonyl (C=O) groups is 2. The lowest BCUT2D eigenvalue weighted by atomic mass is 10.2. The van der Waals surface area contributed by atoms with Crippen LogP contribution in [-0.2, 0) is 22.6 Å². The van der Waals surface area contributed by atoms with E-state index in [4.69, 9.17) is 11.6 Å². The van der Waals surface area contributed by atoms with Crippen molar-refractivity contribution < 1.29 is 9.59 Å². The smallest absolute Gasteiger partial charge is 0.234 e. The Kier molecular flexibility index (Phi) is 7.48. The zero-order valence-corrected chi connectivity index (χ0v) is 18.3. The summed E-state index contributed by atoms with van der Waals surface area (Å²) < 4.78 is 1.83. The summed E-state index contributed by atoms with van der Waals surface area (Å²) in [4.78, 5) is 24.6. The van der Waals surface area contributed by atoms with E-state index in [1.54, 1.807) is 24.3 Å². The van der Waals surface area contributed by atoms with Gasteiger partial charge >= 0.3 is 0 Å². The zero-order chi connectivity index (χ0) is 21.5. The van der Waals surface area contributed by atoms with Crippen LogP contribution in [0.1, 0.15) is 18.3 Å². The van der Waals surface area contributed by atoms with Crippen molar-refractivity contribution in [2.24, 2.45) is 0 Å². The van der Waals surface area contributed by atoms with Crippen molar-refractivity contribution in [3.63, 3.8) is 0 Å². The molecule has 0 saturated heterocycles. The molecule has 0 unspecified atom stereocenters. The number of aromatic nitrogens is 3. The molecule has 3 aromatic rings. The van der Waals surface area contributed by atoms with Crippen LogP contribution in [0.15, 0.2) is 53.7 Å². The molecule has 0 saturated carbocycles. The average molecular weight is 444 g/mol. The largest absolute Gasteiger partial charge is 0.325 e. The minimum Gasteiger partial charge on any atom is -0.325 e. The molecule has 2 amide bonds. The molecule has 3 rings (SSSR count). The number of hydrogen-bond donors (Lipinski definition) is 2. The highest BCUT2D eigenvalue weighted by Crippen LogP contribution is 2.21. The predicted molar refractivity (Wildman–Crippen MR) is 120 cm³/mol. The van der Waals surface area contributed by atoms with Gasteiger partial charge in [0.25, 0.3) is 0 Å². The summed E-state index contributed by atoms with van der Waals surface area (Å²) in [6.07, 6.45) is 0.0577. The lowest BCUT2D eigenvalue weighted by Gasteiger charge is -2.09. The summed E-state index contributed by atoms with van der Waals surface area (Å²) in [6.45, 7) is 4.52. The Hall–Kier alpha value is -2.84. The molecule has 0 bridgehead atoms. The summed E-state index contributed by atoms with van der Waals surface area (Å²) in [7, 11) is 0. The van der Waals surface area contributed by atoms with Crippen molar-refractivity contribution in [3.05, 3.63) is 64.9 Å². The second kappa shape index (κ2) is 10.3. The highest BCUT2D eigenvalue weighted by molar-refractivity contribution is 7.99. The van der Waals surface area contributed by atoms with Gasteiger partial charge in [0, 0.05) is 12.2 Å². The van der Waals surface area contributed by atoms with E-state index in [0.717, 1.165) is 11.3 Å². The second-order valence-corrected chi connectivity index (χ2v) is 7.90. The van der Waals surface area contributed by atoms with E-state index in [1.165, 1.54) is 11.8 Å². The van der Waals surface area contributed by atoms with Gasteiger partial charge in [-0.25, -0.2) is 0 Å². The normalized spacial score (nSPS) is 10.6. The molecule has 0 aliphatic heterocycles. The Morgan fingerprint density at radius 3 is 2.47 bits per heavy atom. The van der Waals surface area contributed by atoms with Gasteiger partial charge in [-0.05, 0) is 38.1 Å². The summed E-state index contributed by atoms with van der Waals surface area (Å²) >= 11 is 7.36. The number of halogens is 1. The fourth-order valence-corrected chi connectivity index (χ4v) is 3.74. The molecule has 0 radical (unpaired) electrons. The van der Waals surface area contributed by atoms with Crippen molar-refractivity contribution in [1.29, 1.82) is 0 Å². The molecule has 156 valence electrons. The number of carbonyl (C=O) groups excluding carboxylic acids is 2. The summed E-state index contributed by atoms with van der Waals surface area (Å²) in [6, 6.07) is 14.6. The Bertz CT molecular complexity index is 1040. The van der Waals surface area contributed by atoms with Crippen LogP contribution >= 0.6 is 23.4 Å². The first-order valence-corrected chi connectivity index (χ1v) is 10.8. The number of thioether (sulfide) groups is 1. The van der Waals surface area contributed by atoms with Crippen LogP contribution in [0.4, 0.5) is 11.4 Å². The third-order valence-corrected chi connectivity index (χ3v) is 5.54. The number of rotatable bonds is 8. The highest BCUT2D eigenvalue weighted by atomic mass is 35.5. The van der Waals surface area contributed by atoms with Gasteiger partial charge in [-0.2, -0.15) is 0 Å². The minimum absolute atomic E-state index is 0.0577. The van der Waals surface area contributed by atoms with E-state index < -0.39 is 0 Å². The lowest BCUT2D eigenvalue weighted by molar-refractivity contribution is -0.116. The number of nitrogens with zero attached hydrogens (tertiary/aromatic N) is 3. The number of para-hydroxylation sites is 1. The number of aryl methyl sites for hydroxylation is 1. The molecule has 30 heavy (non-hydrogen) atoms. The lowest BCUT2D eigenvalue weighted by Crippen LogP contribution is -2.18. The standard InChI is InChI=1S/C21H22ClN5O2S/c1-3-27-18(12-19(28)24-17-7-5-4-6-16(17)22)25-26-21(27)30-13-20(29)23-15-10-8-14(2)9-11-15/h4-11H,3,12-13H2,1-2H3,(H,23,29)(H,24,28). The van der Waals surface area contributed by atoms with Crippen LogP contribution in [0.25, 0.3) is 0 Å². The molecule has 0 atom stereocenters. The SMILES string of the molecule is CCn1c(CC(=O)Nc2ccccc2Cl)nnc1SCC(=O)Nc1ccc(C)cc1. The molecular formula is C21H22ClN5O2S. The van der Waals surface area contributed by atoms with E-state index in [9.17, 15) is 9.59 Å². The van der Waals surface area contributed by atoms with E-state index in [2.05, 4.69) is 20.8 Å². The molecule has 2 N–H and O–H groups in total. The Morgan fingerprint density at radius 2 is 1.77 bits per heavy atom. The topological polar surface area (TPSA) is 88.9 Å². The van der Waals surface area contributed by atoms with Crippen LogP contribution in [0.2, 0.25) is 5.02 Å². The predicted octanol–water partition coefficient (Wildman–Crippen LogP) is 4.17. The molecule has 0 spiro atoms. The third-order valence-electron chi connectivity index (χ3n) is 4.24. The molecule has 1 aromatic heterocycles. The molecule has 0 aliphatic rings. The van der Waals surface area contributed by atoms with E-state index in [0.29, 0.717) is 28.2 Å². The number of amides is 2. The van der Waals surface area contributed by atoms with Gasteiger partial charge in [0.2, 0.25) is 11.8 Å². The van der Waals surface area contributed by atoms with Gasteiger partial charge in [-0.15, -0.1) is 10.2 Å². The Balaban J connectivity index is 1.58. The van der Waals surface area contributed by atoms with Crippen molar-refractivity contribution in [3.8, 4) is 0 Å². The average Bonchev–Trinajstić information content (AvgIpc) is 3.11. The van der Waals surface area contributed by atoms with Gasteiger partial charge < -0.3 is 15.2 Å². The van der Waals surface area contributed by atoms with Crippen molar-refractivity contribution >= 4 is 46.6 Å². The van der Waals surface area contributed by atoms with E-state index in [-0.39, 0.29) is 24.0 Å². The summed E-state index contributed by atoms with van der Waals surface area (Å²) in [5.74, 6) is 0.354. The fraction of sp³-hybridized carbons (Fsp3) is 0.238. The highest BCUT2D eigenvalue weighted by Gasteiger charge is 2.16. The summed E-state index contributed by atoms with van der Waals surface area (Å²) in [5, 5.41) is 15.0. The maximum absolute atomic E-state index is 12.4. The quantitative estimate of drug-likeness (QED) is 0.510. The molecule has 0 fully saturated rings. The number of anilines is 2. The van der Waals surface area contributed by atoms with Crippen LogP contribution in [0.5, 0.6) is 0 Å². The van der Waals surface area contributed by atoms with Gasteiger partial charge in [-0.3, -0.25) is 9.59 Å². The van der Waals surface area contributed by atoms with Crippen LogP contribution in [0.3, 0.4) is 0 Å². The monoisotopic (exact) mass is 443 g/mol. The Labute approximate surface area is 184 Å². The van der Waals surface area contributed by atoms with Crippen molar-refractivity contribution in [2.75, 3.05) is 16.4 Å². The van der Waals surface area contributed by atoms with Crippen LogP contribution < -0.4 is 10.6 Å². The maximum atomic E-state index is 12.4. The van der Waals surface area contributed by atoms with Crippen molar-refractivity contribution in [1.82, 2.24) is 14.8 Å². The molecule has 9 heteroatoms. The molecule has 0 aliphatic carbocycles. The maximum Gasteiger partial charge on any atom is 0.234 e. The second-order valence-electron chi connectivity index (χ2n) is 6.55. The first-order chi connectivity index (χ1) is 14.5. The third kappa shape index (κ3) is 5.84. The molecule has 2 aromatic carbocycles. The number of hydrogen-bond acceptors (Lipinski definition) is 5. The minimum atomic E-state index is -0.237.